The molecule has 88 valence electrons. The van der Waals surface area contributed by atoms with Crippen LogP contribution < -0.4 is 5.43 Å². The second-order valence-corrected chi connectivity index (χ2v) is 6.15. The maximum atomic E-state index is 11.6. The van der Waals surface area contributed by atoms with Gasteiger partial charge in [0.2, 0.25) is 0 Å². The molecule has 0 fully saturated rings. The molecule has 2 aromatic heterocycles. The molecular formula is C11H9ClN2OS2. The molecule has 0 bridgehead atoms. The predicted molar refractivity (Wildman–Crippen MR) is 73.4 cm³/mol. The Morgan fingerprint density at radius 1 is 1.53 bits per heavy atom. The normalized spacial score (nSPS) is 10.9. The second kappa shape index (κ2) is 5.44. The van der Waals surface area contributed by atoms with Gasteiger partial charge in [0.15, 0.2) is 0 Å². The van der Waals surface area contributed by atoms with Gasteiger partial charge >= 0.3 is 0 Å². The molecule has 0 aromatic carbocycles. The van der Waals surface area contributed by atoms with Crippen molar-refractivity contribution in [1.82, 2.24) is 5.43 Å². The minimum absolute atomic E-state index is 0.201. The Labute approximate surface area is 112 Å². The summed E-state index contributed by atoms with van der Waals surface area (Å²) in [6.07, 6.45) is 1.58. The number of hydrogen-bond acceptors (Lipinski definition) is 4. The van der Waals surface area contributed by atoms with E-state index in [0.717, 1.165) is 9.75 Å². The van der Waals surface area contributed by atoms with Gasteiger partial charge < -0.3 is 0 Å². The van der Waals surface area contributed by atoms with Crippen LogP contribution in [0.15, 0.2) is 28.7 Å². The van der Waals surface area contributed by atoms with Crippen molar-refractivity contribution < 1.29 is 4.79 Å². The van der Waals surface area contributed by atoms with Crippen LogP contribution in [0.2, 0.25) is 4.34 Å². The average molecular weight is 285 g/mol. The summed E-state index contributed by atoms with van der Waals surface area (Å²) in [7, 11) is 0. The first kappa shape index (κ1) is 12.3. The van der Waals surface area contributed by atoms with Crippen LogP contribution >= 0.6 is 34.3 Å². The fraction of sp³-hybridized carbons (Fsp3) is 0.0909. The summed E-state index contributed by atoms with van der Waals surface area (Å²) in [6, 6.07) is 5.46. The summed E-state index contributed by atoms with van der Waals surface area (Å²) in [5.41, 5.74) is 3.10. The smallest absolute Gasteiger partial charge is 0.267 e. The number of aryl methyl sites for hydroxylation is 1. The maximum Gasteiger partial charge on any atom is 0.272 e. The van der Waals surface area contributed by atoms with Crippen molar-refractivity contribution in [2.24, 2.45) is 5.10 Å². The van der Waals surface area contributed by atoms with Crippen molar-refractivity contribution in [2.75, 3.05) is 0 Å². The van der Waals surface area contributed by atoms with Crippen molar-refractivity contribution in [3.63, 3.8) is 0 Å². The topological polar surface area (TPSA) is 41.5 Å². The molecule has 17 heavy (non-hydrogen) atoms. The molecule has 0 spiro atoms. The molecule has 2 rings (SSSR count). The van der Waals surface area contributed by atoms with Gasteiger partial charge in [-0.1, -0.05) is 11.6 Å². The monoisotopic (exact) mass is 284 g/mol. The third kappa shape index (κ3) is 3.39. The Bertz CT molecular complexity index is 559. The average Bonchev–Trinajstić information content (AvgIpc) is 2.88. The van der Waals surface area contributed by atoms with E-state index in [1.165, 1.54) is 22.7 Å². The minimum Gasteiger partial charge on any atom is -0.267 e. The number of amides is 1. The van der Waals surface area contributed by atoms with E-state index in [0.29, 0.717) is 9.90 Å². The third-order valence-corrected chi connectivity index (χ3v) is 3.97. The zero-order chi connectivity index (χ0) is 12.3. The van der Waals surface area contributed by atoms with Gasteiger partial charge in [0, 0.05) is 15.1 Å². The molecule has 2 aromatic rings. The van der Waals surface area contributed by atoms with E-state index in [-0.39, 0.29) is 5.91 Å². The number of hydrogen-bond donors (Lipinski definition) is 1. The van der Waals surface area contributed by atoms with E-state index >= 15 is 0 Å². The molecule has 0 atom stereocenters. The number of halogens is 1. The lowest BCUT2D eigenvalue weighted by atomic mass is 10.3. The maximum absolute atomic E-state index is 11.6. The molecular weight excluding hydrogens is 276 g/mol. The molecule has 1 amide bonds. The Balaban J connectivity index is 1.94. The molecule has 0 aliphatic rings. The van der Waals surface area contributed by atoms with Crippen LogP contribution in [0, 0.1) is 6.92 Å². The fourth-order valence-corrected chi connectivity index (χ4v) is 2.80. The molecule has 0 aliphatic heterocycles. The van der Waals surface area contributed by atoms with Gasteiger partial charge in [0.25, 0.3) is 5.91 Å². The lowest BCUT2D eigenvalue weighted by molar-refractivity contribution is 0.0955. The summed E-state index contributed by atoms with van der Waals surface area (Å²) in [5.74, 6) is -0.201. The molecule has 0 saturated carbocycles. The quantitative estimate of drug-likeness (QED) is 0.680. The molecule has 0 aliphatic carbocycles. The number of carbonyl (C=O) groups excluding carboxylic acids is 1. The zero-order valence-corrected chi connectivity index (χ0v) is 11.3. The van der Waals surface area contributed by atoms with E-state index in [1.54, 1.807) is 12.3 Å². The number of nitrogens with one attached hydrogen (secondary N) is 1. The summed E-state index contributed by atoms with van der Waals surface area (Å²) < 4.78 is 0.700. The molecule has 1 N–H and O–H groups in total. The van der Waals surface area contributed by atoms with Crippen LogP contribution in [0.3, 0.4) is 0 Å². The number of carbonyl (C=O) groups is 1. The first-order valence-electron chi connectivity index (χ1n) is 4.79. The van der Waals surface area contributed by atoms with Gasteiger partial charge in [-0.2, -0.15) is 5.10 Å². The van der Waals surface area contributed by atoms with Crippen LogP contribution in [0.4, 0.5) is 0 Å². The van der Waals surface area contributed by atoms with Gasteiger partial charge in [-0.3, -0.25) is 4.79 Å². The Kier molecular flexibility index (Phi) is 3.93. The highest BCUT2D eigenvalue weighted by molar-refractivity contribution is 7.17. The summed E-state index contributed by atoms with van der Waals surface area (Å²) in [6.45, 7) is 1.96. The highest BCUT2D eigenvalue weighted by atomic mass is 35.5. The third-order valence-electron chi connectivity index (χ3n) is 1.94. The number of thiophene rings is 2. The largest absolute Gasteiger partial charge is 0.272 e. The van der Waals surface area contributed by atoms with Crippen molar-refractivity contribution in [2.45, 2.75) is 6.92 Å². The van der Waals surface area contributed by atoms with Gasteiger partial charge in [-0.25, -0.2) is 5.43 Å². The van der Waals surface area contributed by atoms with Crippen LogP contribution in [0.25, 0.3) is 0 Å². The van der Waals surface area contributed by atoms with Crippen molar-refractivity contribution in [1.29, 1.82) is 0 Å². The van der Waals surface area contributed by atoms with E-state index in [9.17, 15) is 4.79 Å². The number of rotatable bonds is 3. The zero-order valence-electron chi connectivity index (χ0n) is 8.94. The van der Waals surface area contributed by atoms with Crippen LogP contribution in [-0.4, -0.2) is 12.1 Å². The van der Waals surface area contributed by atoms with Crippen LogP contribution in [-0.2, 0) is 0 Å². The Hall–Kier alpha value is -1.17. The van der Waals surface area contributed by atoms with E-state index in [1.807, 2.05) is 24.4 Å². The lowest BCUT2D eigenvalue weighted by Gasteiger charge is -1.94. The SMILES string of the molecule is Cc1cc(C(=O)N/N=C\c2ccc(Cl)s2)cs1. The van der Waals surface area contributed by atoms with E-state index in [2.05, 4.69) is 10.5 Å². The Morgan fingerprint density at radius 2 is 2.35 bits per heavy atom. The van der Waals surface area contributed by atoms with E-state index < -0.39 is 0 Å². The fourth-order valence-electron chi connectivity index (χ4n) is 1.18. The van der Waals surface area contributed by atoms with Crippen LogP contribution in [0.1, 0.15) is 20.1 Å². The summed E-state index contributed by atoms with van der Waals surface area (Å²) in [5, 5.41) is 5.68. The first-order valence-corrected chi connectivity index (χ1v) is 6.86. The van der Waals surface area contributed by atoms with Crippen molar-refractivity contribution in [3.05, 3.63) is 43.2 Å². The van der Waals surface area contributed by atoms with Crippen molar-refractivity contribution >= 4 is 46.4 Å². The van der Waals surface area contributed by atoms with Gasteiger partial charge in [0.05, 0.1) is 16.1 Å². The lowest BCUT2D eigenvalue weighted by Crippen LogP contribution is -2.16. The molecule has 0 radical (unpaired) electrons. The first-order chi connectivity index (χ1) is 8.15. The molecule has 6 heteroatoms. The standard InChI is InChI=1S/C11H9ClN2OS2/c1-7-4-8(6-16-7)11(15)14-13-5-9-2-3-10(12)17-9/h2-6H,1H3,(H,14,15)/b13-5-. The summed E-state index contributed by atoms with van der Waals surface area (Å²) >= 11 is 8.72. The van der Waals surface area contributed by atoms with Crippen molar-refractivity contribution in [3.8, 4) is 0 Å². The molecule has 2 heterocycles. The van der Waals surface area contributed by atoms with Gasteiger partial charge in [0.1, 0.15) is 0 Å². The number of hydrazone groups is 1. The minimum atomic E-state index is -0.201. The van der Waals surface area contributed by atoms with Crippen LogP contribution in [0.5, 0.6) is 0 Å². The molecule has 3 nitrogen and oxygen atoms in total. The molecule has 0 unspecified atom stereocenters. The Morgan fingerprint density at radius 3 is 2.94 bits per heavy atom. The van der Waals surface area contributed by atoms with Gasteiger partial charge in [-0.05, 0) is 25.1 Å². The van der Waals surface area contributed by atoms with E-state index in [4.69, 9.17) is 11.6 Å². The second-order valence-electron chi connectivity index (χ2n) is 3.29. The van der Waals surface area contributed by atoms with Gasteiger partial charge in [-0.15, -0.1) is 22.7 Å². The molecule has 0 saturated heterocycles. The number of nitrogens with zero attached hydrogens (tertiary/aromatic N) is 1. The highest BCUT2D eigenvalue weighted by Crippen LogP contribution is 2.19. The predicted octanol–water partition coefficient (Wildman–Crippen LogP) is 3.54. The summed E-state index contributed by atoms with van der Waals surface area (Å²) in [4.78, 5) is 13.6. The highest BCUT2D eigenvalue weighted by Gasteiger charge is 2.05.